The molecule has 0 saturated heterocycles. The van der Waals surface area contributed by atoms with Crippen molar-refractivity contribution in [3.8, 4) is 16.9 Å². The molecule has 1 aromatic heterocycles. The van der Waals surface area contributed by atoms with Crippen LogP contribution in [-0.4, -0.2) is 4.57 Å². The lowest BCUT2D eigenvalue weighted by Gasteiger charge is -2.30. The Hall–Kier alpha value is -8.22. The molecule has 9 aromatic carbocycles. The lowest BCUT2D eigenvalue weighted by atomic mass is 10.0. The summed E-state index contributed by atoms with van der Waals surface area (Å²) in [6.07, 6.45) is 0.719. The fourth-order valence-corrected chi connectivity index (χ4v) is 9.62. The average Bonchev–Trinajstić information content (AvgIpc) is 3.91. The minimum Gasteiger partial charge on any atom is -0.333 e. The van der Waals surface area contributed by atoms with Crippen LogP contribution >= 0.6 is 0 Å². The van der Waals surface area contributed by atoms with Crippen LogP contribution in [0.15, 0.2) is 224 Å². The van der Waals surface area contributed by atoms with Gasteiger partial charge in [0.1, 0.15) is 11.6 Å². The van der Waals surface area contributed by atoms with E-state index in [1.54, 1.807) is 12.1 Å². The second-order valence-corrected chi connectivity index (χ2v) is 17.1. The van der Waals surface area contributed by atoms with Crippen molar-refractivity contribution in [2.45, 2.75) is 26.3 Å². The van der Waals surface area contributed by atoms with Gasteiger partial charge in [-0.3, -0.25) is 0 Å². The Morgan fingerprint density at radius 2 is 0.924 bits per heavy atom. The molecule has 4 nitrogen and oxygen atoms in total. The normalized spacial score (nSPS) is 13.2. The molecule has 1 aliphatic rings. The van der Waals surface area contributed by atoms with Crippen molar-refractivity contribution in [1.29, 1.82) is 0 Å². The zero-order valence-corrected chi connectivity index (χ0v) is 36.7. The van der Waals surface area contributed by atoms with Gasteiger partial charge < -0.3 is 19.3 Å². The Balaban J connectivity index is 1.03. The molecule has 0 amide bonds. The number of rotatable bonds is 10. The molecule has 66 heavy (non-hydrogen) atoms. The van der Waals surface area contributed by atoms with Crippen molar-refractivity contribution in [2.24, 2.45) is 0 Å². The van der Waals surface area contributed by atoms with Gasteiger partial charge in [0.2, 0.25) is 0 Å². The third kappa shape index (κ3) is 7.66. The molecule has 0 radical (unpaired) electrons. The predicted octanol–water partition coefficient (Wildman–Crippen LogP) is 16.6. The van der Waals surface area contributed by atoms with Crippen molar-refractivity contribution in [3.05, 3.63) is 258 Å². The lowest BCUT2D eigenvalue weighted by Crippen LogP contribution is -2.20. The van der Waals surface area contributed by atoms with Crippen LogP contribution in [0.2, 0.25) is 0 Å². The van der Waals surface area contributed by atoms with E-state index in [1.807, 2.05) is 36.4 Å². The van der Waals surface area contributed by atoms with Gasteiger partial charge in [-0.25, -0.2) is 8.78 Å². The van der Waals surface area contributed by atoms with Crippen molar-refractivity contribution in [2.75, 3.05) is 14.7 Å². The zero-order valence-electron chi connectivity index (χ0n) is 36.7. The number of fused-ring (bicyclic) bond motifs is 2. The van der Waals surface area contributed by atoms with E-state index in [1.165, 1.54) is 28.8 Å². The van der Waals surface area contributed by atoms with E-state index >= 15 is 0 Å². The molecule has 0 saturated carbocycles. The molecule has 0 N–H and O–H groups in total. The highest BCUT2D eigenvalue weighted by Gasteiger charge is 2.33. The largest absolute Gasteiger partial charge is 0.333 e. The van der Waals surface area contributed by atoms with E-state index in [2.05, 4.69) is 197 Å². The maximum atomic E-state index is 14.4. The van der Waals surface area contributed by atoms with Crippen LogP contribution < -0.4 is 14.7 Å². The number of aromatic nitrogens is 1. The summed E-state index contributed by atoms with van der Waals surface area (Å²) in [5.74, 6) is -0.534. The molecule has 2 heterocycles. The summed E-state index contributed by atoms with van der Waals surface area (Å²) >= 11 is 0. The number of para-hydroxylation sites is 2. The summed E-state index contributed by atoms with van der Waals surface area (Å²) in [5, 5.41) is 1.05. The van der Waals surface area contributed by atoms with Crippen molar-refractivity contribution in [1.82, 2.24) is 4.57 Å². The summed E-state index contributed by atoms with van der Waals surface area (Å²) in [6.45, 7) is 4.23. The smallest absolute Gasteiger partial charge is 0.123 e. The molecule has 0 fully saturated rings. The first-order chi connectivity index (χ1) is 32.3. The van der Waals surface area contributed by atoms with E-state index in [4.69, 9.17) is 0 Å². The molecular weight excluding hydrogens is 815 g/mol. The van der Waals surface area contributed by atoms with Crippen LogP contribution in [0.1, 0.15) is 28.3 Å². The summed E-state index contributed by atoms with van der Waals surface area (Å²) in [5.41, 5.74) is 17.0. The van der Waals surface area contributed by atoms with Gasteiger partial charge in [0, 0.05) is 56.6 Å². The fraction of sp³-hybridized carbons (Fsp3) is 0.0667. The van der Waals surface area contributed by atoms with Gasteiger partial charge in [0.25, 0.3) is 0 Å². The molecule has 11 rings (SSSR count). The summed E-state index contributed by atoms with van der Waals surface area (Å²) in [6, 6.07) is 75.9. The Labute approximate surface area is 384 Å². The van der Waals surface area contributed by atoms with Crippen LogP contribution in [0.5, 0.6) is 0 Å². The number of halogens is 2. The standard InChI is InChI=1S/C60H46F2N4/c1-41-11-9-17-55(35-41)63(49-13-5-3-6-14-49)51-27-31-53(32-28-51)65-57(43-19-23-47(61)24-20-43)37-45-40-60-46(39-59(45)65)38-58(44-21-25-48(62)26-22-44)66(60)54-33-29-52(30-34-54)64(50-15-7-4-8-16-50)56-18-10-12-42(2)36-56/h3-37,39-40,58H,38H2,1-2H3. The van der Waals surface area contributed by atoms with E-state index in [-0.39, 0.29) is 17.7 Å². The van der Waals surface area contributed by atoms with E-state index in [0.29, 0.717) is 0 Å². The van der Waals surface area contributed by atoms with Crippen LogP contribution in [0.25, 0.3) is 27.8 Å². The fourth-order valence-electron chi connectivity index (χ4n) is 9.62. The Kier molecular flexibility index (Phi) is 10.5. The van der Waals surface area contributed by atoms with Gasteiger partial charge >= 0.3 is 0 Å². The van der Waals surface area contributed by atoms with E-state index in [9.17, 15) is 8.78 Å². The maximum Gasteiger partial charge on any atom is 0.123 e. The second-order valence-electron chi connectivity index (χ2n) is 17.1. The minimum atomic E-state index is -0.277. The topological polar surface area (TPSA) is 14.7 Å². The molecule has 320 valence electrons. The molecule has 0 bridgehead atoms. The van der Waals surface area contributed by atoms with E-state index < -0.39 is 0 Å². The summed E-state index contributed by atoms with van der Waals surface area (Å²) in [7, 11) is 0. The van der Waals surface area contributed by atoms with Crippen molar-refractivity contribution in [3.63, 3.8) is 0 Å². The SMILES string of the molecule is Cc1cccc(N(c2ccccc2)c2ccc(N3c4cc5cc(-c6ccc(F)cc6)n(-c6ccc(N(c7ccccc7)c7cccc(C)c7)cc6)c5cc4CC3c3ccc(F)cc3)cc2)c1. The Morgan fingerprint density at radius 1 is 0.439 bits per heavy atom. The number of hydrogen-bond acceptors (Lipinski definition) is 3. The monoisotopic (exact) mass is 860 g/mol. The Morgan fingerprint density at radius 3 is 1.45 bits per heavy atom. The molecule has 1 atom stereocenters. The molecule has 0 spiro atoms. The van der Waals surface area contributed by atoms with Crippen LogP contribution in [0, 0.1) is 25.5 Å². The van der Waals surface area contributed by atoms with Crippen LogP contribution in [-0.2, 0) is 6.42 Å². The van der Waals surface area contributed by atoms with Crippen molar-refractivity contribution >= 4 is 56.4 Å². The summed E-state index contributed by atoms with van der Waals surface area (Å²) < 4.78 is 31.2. The Bertz CT molecular complexity index is 3310. The molecule has 1 aliphatic heterocycles. The van der Waals surface area contributed by atoms with Crippen LogP contribution in [0.4, 0.5) is 54.3 Å². The minimum absolute atomic E-state index is 0.0742. The first-order valence-corrected chi connectivity index (χ1v) is 22.4. The van der Waals surface area contributed by atoms with Gasteiger partial charge in [0.15, 0.2) is 0 Å². The molecule has 10 aromatic rings. The first-order valence-electron chi connectivity index (χ1n) is 22.4. The van der Waals surface area contributed by atoms with E-state index in [0.717, 1.165) is 85.3 Å². The van der Waals surface area contributed by atoms with Crippen LogP contribution in [0.3, 0.4) is 0 Å². The maximum absolute atomic E-state index is 14.4. The van der Waals surface area contributed by atoms with Gasteiger partial charge in [-0.05, 0) is 200 Å². The third-order valence-electron chi connectivity index (χ3n) is 12.7. The lowest BCUT2D eigenvalue weighted by molar-refractivity contribution is 0.625. The third-order valence-corrected chi connectivity index (χ3v) is 12.7. The molecule has 6 heteroatoms. The highest BCUT2D eigenvalue weighted by molar-refractivity contribution is 5.95. The summed E-state index contributed by atoms with van der Waals surface area (Å²) in [4.78, 5) is 6.96. The molecule has 1 unspecified atom stereocenters. The second kappa shape index (κ2) is 17.1. The number of anilines is 8. The molecule has 0 aliphatic carbocycles. The molecular formula is C60H46F2N4. The van der Waals surface area contributed by atoms with Gasteiger partial charge in [-0.2, -0.15) is 0 Å². The first kappa shape index (κ1) is 40.5. The van der Waals surface area contributed by atoms with Gasteiger partial charge in [-0.15, -0.1) is 0 Å². The zero-order chi connectivity index (χ0) is 44.7. The van der Waals surface area contributed by atoms with Gasteiger partial charge in [-0.1, -0.05) is 72.8 Å². The van der Waals surface area contributed by atoms with Crippen molar-refractivity contribution < 1.29 is 8.78 Å². The number of benzene rings is 9. The highest BCUT2D eigenvalue weighted by atomic mass is 19.1. The van der Waals surface area contributed by atoms with Gasteiger partial charge in [0.05, 0.1) is 17.3 Å². The number of aryl methyl sites for hydroxylation is 2. The predicted molar refractivity (Wildman–Crippen MR) is 269 cm³/mol. The average molecular weight is 861 g/mol. The number of nitrogens with zero attached hydrogens (tertiary/aromatic N) is 4. The number of hydrogen-bond donors (Lipinski definition) is 0. The highest BCUT2D eigenvalue weighted by Crippen LogP contribution is 2.49. The quantitative estimate of drug-likeness (QED) is 0.136.